The number of hydrogen-bond acceptors (Lipinski definition) is 5. The van der Waals surface area contributed by atoms with E-state index in [1.54, 1.807) is 0 Å². The lowest BCUT2D eigenvalue weighted by atomic mass is 10.1. The fourth-order valence-electron chi connectivity index (χ4n) is 2.37. The normalized spacial score (nSPS) is 22.9. The van der Waals surface area contributed by atoms with E-state index < -0.39 is 0 Å². The van der Waals surface area contributed by atoms with Gasteiger partial charge in [-0.1, -0.05) is 6.92 Å². The Morgan fingerprint density at radius 3 is 2.71 bits per heavy atom. The summed E-state index contributed by atoms with van der Waals surface area (Å²) in [7, 11) is 0. The van der Waals surface area contributed by atoms with Crippen molar-refractivity contribution in [2.45, 2.75) is 44.6 Å². The van der Waals surface area contributed by atoms with Gasteiger partial charge in [0, 0.05) is 36.6 Å². The highest BCUT2D eigenvalue weighted by molar-refractivity contribution is 7.09. The van der Waals surface area contributed by atoms with Gasteiger partial charge in [0.1, 0.15) is 5.82 Å². The predicted molar refractivity (Wildman–Crippen MR) is 70.6 cm³/mol. The molecule has 0 spiro atoms. The summed E-state index contributed by atoms with van der Waals surface area (Å²) in [6, 6.07) is 0.595. The van der Waals surface area contributed by atoms with Crippen molar-refractivity contribution in [3.8, 4) is 0 Å². The highest BCUT2D eigenvalue weighted by Gasteiger charge is 2.28. The molecule has 1 aromatic heterocycles. The fraction of sp³-hybridized carbons (Fsp3) is 0.833. The van der Waals surface area contributed by atoms with Crippen LogP contribution < -0.4 is 5.32 Å². The van der Waals surface area contributed by atoms with Crippen LogP contribution in [0.25, 0.3) is 0 Å². The van der Waals surface area contributed by atoms with Crippen LogP contribution in [-0.4, -0.2) is 39.9 Å². The third-order valence-corrected chi connectivity index (χ3v) is 4.41. The lowest BCUT2D eigenvalue weighted by molar-refractivity contribution is 0.229. The first-order valence-corrected chi connectivity index (χ1v) is 7.45. The smallest absolute Gasteiger partial charge is 0.202 e. The number of nitrogens with zero attached hydrogens (tertiary/aromatic N) is 3. The molecule has 2 heterocycles. The molecule has 0 atom stereocenters. The van der Waals surface area contributed by atoms with Crippen molar-refractivity contribution in [1.82, 2.24) is 14.3 Å². The summed E-state index contributed by atoms with van der Waals surface area (Å²) in [6.07, 6.45) is 5.02. The zero-order valence-corrected chi connectivity index (χ0v) is 11.2. The number of nitrogens with one attached hydrogen (secondary N) is 1. The molecule has 17 heavy (non-hydrogen) atoms. The van der Waals surface area contributed by atoms with Gasteiger partial charge in [-0.3, -0.25) is 0 Å². The minimum Gasteiger partial charge on any atom is -0.357 e. The van der Waals surface area contributed by atoms with Crippen molar-refractivity contribution < 1.29 is 0 Å². The maximum atomic E-state index is 4.59. The molecule has 3 rings (SSSR count). The van der Waals surface area contributed by atoms with Gasteiger partial charge in [0.15, 0.2) is 0 Å². The van der Waals surface area contributed by atoms with E-state index in [0.29, 0.717) is 12.0 Å². The molecule has 1 aromatic rings. The van der Waals surface area contributed by atoms with E-state index in [4.69, 9.17) is 0 Å². The molecule has 0 radical (unpaired) electrons. The zero-order valence-electron chi connectivity index (χ0n) is 10.4. The Hall–Kier alpha value is -0.680. The van der Waals surface area contributed by atoms with Crippen LogP contribution in [0.2, 0.25) is 0 Å². The average Bonchev–Trinajstić information content (AvgIpc) is 3.12. The monoisotopic (exact) mass is 252 g/mol. The van der Waals surface area contributed by atoms with E-state index in [1.165, 1.54) is 56.9 Å². The largest absolute Gasteiger partial charge is 0.357 e. The fourth-order valence-corrected chi connectivity index (χ4v) is 3.09. The molecule has 94 valence electrons. The molecule has 1 aliphatic heterocycles. The second kappa shape index (κ2) is 4.90. The van der Waals surface area contributed by atoms with Gasteiger partial charge in [0.25, 0.3) is 0 Å². The van der Waals surface area contributed by atoms with Crippen LogP contribution in [0, 0.1) is 0 Å². The molecule has 0 bridgehead atoms. The summed E-state index contributed by atoms with van der Waals surface area (Å²) in [5, 5.41) is 4.58. The number of hydrogen-bond donors (Lipinski definition) is 1. The Kier molecular flexibility index (Phi) is 3.29. The summed E-state index contributed by atoms with van der Waals surface area (Å²) in [5.74, 6) is 1.74. The summed E-state index contributed by atoms with van der Waals surface area (Å²) in [4.78, 5) is 7.10. The maximum absolute atomic E-state index is 4.59. The molecular formula is C12H20N4S. The van der Waals surface area contributed by atoms with Crippen LogP contribution in [0.15, 0.2) is 0 Å². The van der Waals surface area contributed by atoms with Crippen molar-refractivity contribution in [3.63, 3.8) is 0 Å². The Morgan fingerprint density at radius 1 is 1.29 bits per heavy atom. The van der Waals surface area contributed by atoms with Gasteiger partial charge >= 0.3 is 0 Å². The van der Waals surface area contributed by atoms with Crippen LogP contribution in [0.3, 0.4) is 0 Å². The van der Waals surface area contributed by atoms with Crippen LogP contribution in [0.5, 0.6) is 0 Å². The third kappa shape index (κ3) is 2.77. The highest BCUT2D eigenvalue weighted by atomic mass is 32.1. The summed E-state index contributed by atoms with van der Waals surface area (Å²) in [6.45, 7) is 5.84. The Balaban J connectivity index is 1.52. The molecule has 1 N–H and O–H groups in total. The lowest BCUT2D eigenvalue weighted by Crippen LogP contribution is -2.38. The Labute approximate surface area is 107 Å². The van der Waals surface area contributed by atoms with Crippen LogP contribution in [-0.2, 0) is 0 Å². The Morgan fingerprint density at radius 2 is 2.06 bits per heavy atom. The highest BCUT2D eigenvalue weighted by Crippen LogP contribution is 2.39. The average molecular weight is 252 g/mol. The SMILES string of the molecule is CCN1CCC(Nc2nc(C3CC3)ns2)CC1. The molecule has 0 unspecified atom stereocenters. The summed E-state index contributed by atoms with van der Waals surface area (Å²) < 4.78 is 4.43. The van der Waals surface area contributed by atoms with Crippen molar-refractivity contribution >= 4 is 16.7 Å². The van der Waals surface area contributed by atoms with E-state index in [-0.39, 0.29) is 0 Å². The van der Waals surface area contributed by atoms with Crippen LogP contribution >= 0.6 is 11.5 Å². The first kappa shape index (κ1) is 11.4. The maximum Gasteiger partial charge on any atom is 0.202 e. The van der Waals surface area contributed by atoms with Gasteiger partial charge in [-0.15, -0.1) is 0 Å². The molecule has 5 heteroatoms. The molecule has 4 nitrogen and oxygen atoms in total. The Bertz CT molecular complexity index is 366. The molecule has 2 aliphatic rings. The second-order valence-corrected chi connectivity index (χ2v) is 5.84. The van der Waals surface area contributed by atoms with E-state index in [9.17, 15) is 0 Å². The number of piperidine rings is 1. The molecule has 0 amide bonds. The van der Waals surface area contributed by atoms with E-state index in [0.717, 1.165) is 11.0 Å². The number of likely N-dealkylation sites (tertiary alicyclic amines) is 1. The number of aromatic nitrogens is 2. The molecule has 1 saturated carbocycles. The van der Waals surface area contributed by atoms with Crippen molar-refractivity contribution in [1.29, 1.82) is 0 Å². The van der Waals surface area contributed by atoms with Gasteiger partial charge < -0.3 is 10.2 Å². The van der Waals surface area contributed by atoms with Gasteiger partial charge in [-0.05, 0) is 32.2 Å². The zero-order chi connectivity index (χ0) is 11.7. The standard InChI is InChI=1S/C12H20N4S/c1-2-16-7-5-10(6-8-16)13-12-14-11(15-17-12)9-3-4-9/h9-10H,2-8H2,1H3,(H,13,14,15). The van der Waals surface area contributed by atoms with Crippen LogP contribution in [0.4, 0.5) is 5.13 Å². The predicted octanol–water partition coefficient (Wildman–Crippen LogP) is 2.31. The number of rotatable bonds is 4. The topological polar surface area (TPSA) is 41.0 Å². The first-order chi connectivity index (χ1) is 8.35. The molecule has 2 fully saturated rings. The van der Waals surface area contributed by atoms with Crippen molar-refractivity contribution in [2.75, 3.05) is 25.0 Å². The van der Waals surface area contributed by atoms with Gasteiger partial charge in [-0.2, -0.15) is 4.37 Å². The lowest BCUT2D eigenvalue weighted by Gasteiger charge is -2.31. The minimum atomic E-state index is 0.595. The van der Waals surface area contributed by atoms with Crippen LogP contribution in [0.1, 0.15) is 44.3 Å². The third-order valence-electron chi connectivity index (χ3n) is 3.75. The van der Waals surface area contributed by atoms with Crippen molar-refractivity contribution in [3.05, 3.63) is 5.82 Å². The summed E-state index contributed by atoms with van der Waals surface area (Å²) in [5.41, 5.74) is 0. The minimum absolute atomic E-state index is 0.595. The van der Waals surface area contributed by atoms with Gasteiger partial charge in [0.05, 0.1) is 0 Å². The molecular weight excluding hydrogens is 232 g/mol. The van der Waals surface area contributed by atoms with Crippen molar-refractivity contribution in [2.24, 2.45) is 0 Å². The molecule has 1 saturated heterocycles. The first-order valence-electron chi connectivity index (χ1n) is 6.67. The van der Waals surface area contributed by atoms with E-state index in [2.05, 4.69) is 26.5 Å². The second-order valence-electron chi connectivity index (χ2n) is 5.08. The molecule has 1 aliphatic carbocycles. The molecule has 0 aromatic carbocycles. The quantitative estimate of drug-likeness (QED) is 0.893. The van der Waals surface area contributed by atoms with Gasteiger partial charge in [0.2, 0.25) is 5.13 Å². The van der Waals surface area contributed by atoms with Gasteiger partial charge in [-0.25, -0.2) is 4.98 Å². The number of anilines is 1. The van der Waals surface area contributed by atoms with E-state index >= 15 is 0 Å². The van der Waals surface area contributed by atoms with E-state index in [1.807, 2.05) is 0 Å². The summed E-state index contributed by atoms with van der Waals surface area (Å²) >= 11 is 1.53.